The number of nitrogens with zero attached hydrogens (tertiary/aromatic N) is 5. The molecule has 0 bridgehead atoms. The summed E-state index contributed by atoms with van der Waals surface area (Å²) < 4.78 is 11.1. The Bertz CT molecular complexity index is 869. The predicted molar refractivity (Wildman–Crippen MR) is 104 cm³/mol. The first-order chi connectivity index (χ1) is 13.7. The molecule has 148 valence electrons. The number of hydrogen-bond donors (Lipinski definition) is 1. The third-order valence-electron chi connectivity index (χ3n) is 4.91. The van der Waals surface area contributed by atoms with E-state index in [1.54, 1.807) is 18.2 Å². The van der Waals surface area contributed by atoms with Gasteiger partial charge in [0.2, 0.25) is 11.6 Å². The number of rotatable bonds is 5. The van der Waals surface area contributed by atoms with Gasteiger partial charge in [0.15, 0.2) is 11.5 Å². The summed E-state index contributed by atoms with van der Waals surface area (Å²) in [6.07, 6.45) is 1.36. The summed E-state index contributed by atoms with van der Waals surface area (Å²) in [4.78, 5) is 24.0. The van der Waals surface area contributed by atoms with Crippen molar-refractivity contribution in [3.05, 3.63) is 34.6 Å². The number of aromatic nitrogens is 2. The van der Waals surface area contributed by atoms with Crippen LogP contribution in [0.2, 0.25) is 0 Å². The predicted octanol–water partition coefficient (Wildman–Crippen LogP) is 2.04. The van der Waals surface area contributed by atoms with Gasteiger partial charge in [-0.05, 0) is 18.7 Å². The van der Waals surface area contributed by atoms with Crippen molar-refractivity contribution >= 4 is 23.0 Å². The first-order valence-corrected chi connectivity index (χ1v) is 9.29. The van der Waals surface area contributed by atoms with E-state index < -0.39 is 4.92 Å². The van der Waals surface area contributed by atoms with Crippen molar-refractivity contribution in [2.45, 2.75) is 6.92 Å². The fourth-order valence-electron chi connectivity index (χ4n) is 3.39. The fourth-order valence-corrected chi connectivity index (χ4v) is 3.39. The quantitative estimate of drug-likeness (QED) is 0.610. The molecule has 2 aromatic rings. The zero-order chi connectivity index (χ0) is 19.5. The largest absolute Gasteiger partial charge is 0.486 e. The monoisotopic (exact) mass is 386 g/mol. The van der Waals surface area contributed by atoms with Gasteiger partial charge in [0.1, 0.15) is 19.5 Å². The Morgan fingerprint density at radius 2 is 1.89 bits per heavy atom. The third-order valence-corrected chi connectivity index (χ3v) is 4.91. The number of anilines is 3. The Balaban J connectivity index is 1.61. The lowest BCUT2D eigenvalue weighted by molar-refractivity contribution is -0.383. The Hall–Kier alpha value is -3.14. The first-order valence-electron chi connectivity index (χ1n) is 9.29. The van der Waals surface area contributed by atoms with E-state index in [2.05, 4.69) is 27.1 Å². The van der Waals surface area contributed by atoms with Gasteiger partial charge in [-0.1, -0.05) is 6.92 Å². The van der Waals surface area contributed by atoms with E-state index in [-0.39, 0.29) is 11.5 Å². The summed E-state index contributed by atoms with van der Waals surface area (Å²) >= 11 is 0. The molecule has 0 atom stereocenters. The maximum Gasteiger partial charge on any atom is 0.353 e. The molecule has 3 heterocycles. The van der Waals surface area contributed by atoms with Crippen molar-refractivity contribution in [1.82, 2.24) is 14.9 Å². The average Bonchev–Trinajstić information content (AvgIpc) is 2.73. The van der Waals surface area contributed by atoms with Gasteiger partial charge in [-0.25, -0.2) is 9.97 Å². The lowest BCUT2D eigenvalue weighted by atomic mass is 10.2. The SMILES string of the molecule is CCN1CCN(c2ncnc(Nc3ccc4c(c3)OCCO4)c2[N+](=O)[O-])CC1. The number of likely N-dealkylation sites (N-methyl/N-ethyl adjacent to an activating group) is 1. The number of piperazine rings is 1. The number of hydrogen-bond acceptors (Lipinski definition) is 9. The summed E-state index contributed by atoms with van der Waals surface area (Å²) in [7, 11) is 0. The number of fused-ring (bicyclic) bond motifs is 1. The van der Waals surface area contributed by atoms with Crippen LogP contribution in [0.4, 0.5) is 23.0 Å². The summed E-state index contributed by atoms with van der Waals surface area (Å²) in [6.45, 7) is 7.13. The standard InChI is InChI=1S/C18H22N6O4/c1-2-22-5-7-23(8-6-22)18-16(24(25)26)17(19-12-20-18)21-13-3-4-14-15(11-13)28-10-9-27-14/h3-4,11-12H,2,5-10H2,1H3,(H,19,20,21). The smallest absolute Gasteiger partial charge is 0.353 e. The second kappa shape index (κ2) is 7.85. The van der Waals surface area contributed by atoms with Crippen molar-refractivity contribution in [2.24, 2.45) is 0 Å². The number of ether oxygens (including phenoxy) is 2. The highest BCUT2D eigenvalue weighted by Crippen LogP contribution is 2.37. The lowest BCUT2D eigenvalue weighted by Gasteiger charge is -2.34. The van der Waals surface area contributed by atoms with Gasteiger partial charge in [0.25, 0.3) is 0 Å². The van der Waals surface area contributed by atoms with Crippen LogP contribution in [0, 0.1) is 10.1 Å². The Kier molecular flexibility index (Phi) is 5.11. The van der Waals surface area contributed by atoms with Crippen LogP contribution < -0.4 is 19.7 Å². The molecule has 28 heavy (non-hydrogen) atoms. The molecule has 10 heteroatoms. The number of nitro groups is 1. The number of nitrogens with one attached hydrogen (secondary N) is 1. The van der Waals surface area contributed by atoms with Gasteiger partial charge < -0.3 is 24.6 Å². The molecule has 1 N–H and O–H groups in total. The minimum Gasteiger partial charge on any atom is -0.486 e. The molecule has 0 aliphatic carbocycles. The summed E-state index contributed by atoms with van der Waals surface area (Å²) in [6, 6.07) is 5.30. The molecule has 1 saturated heterocycles. The van der Waals surface area contributed by atoms with E-state index in [0.29, 0.717) is 49.3 Å². The molecule has 1 fully saturated rings. The van der Waals surface area contributed by atoms with Crippen molar-refractivity contribution < 1.29 is 14.4 Å². The van der Waals surface area contributed by atoms with Gasteiger partial charge in [-0.3, -0.25) is 10.1 Å². The molecule has 2 aliphatic heterocycles. The van der Waals surface area contributed by atoms with Gasteiger partial charge in [0.05, 0.1) is 4.92 Å². The summed E-state index contributed by atoms with van der Waals surface area (Å²) in [5, 5.41) is 14.9. The minimum atomic E-state index is -0.429. The number of benzene rings is 1. The van der Waals surface area contributed by atoms with Crippen molar-refractivity contribution in [1.29, 1.82) is 0 Å². The maximum absolute atomic E-state index is 11.8. The van der Waals surface area contributed by atoms with Gasteiger partial charge in [-0.2, -0.15) is 0 Å². The molecule has 0 saturated carbocycles. The molecule has 0 spiro atoms. The first kappa shape index (κ1) is 18.2. The molecule has 0 unspecified atom stereocenters. The Morgan fingerprint density at radius 3 is 2.61 bits per heavy atom. The molecule has 10 nitrogen and oxygen atoms in total. The lowest BCUT2D eigenvalue weighted by Crippen LogP contribution is -2.46. The Labute approximate surface area is 162 Å². The second-order valence-electron chi connectivity index (χ2n) is 6.56. The van der Waals surface area contributed by atoms with E-state index in [4.69, 9.17) is 9.47 Å². The topological polar surface area (TPSA) is 106 Å². The molecule has 0 amide bonds. The van der Waals surface area contributed by atoms with Crippen LogP contribution in [0.25, 0.3) is 0 Å². The normalized spacial score (nSPS) is 16.7. The van der Waals surface area contributed by atoms with Crippen LogP contribution in [0.1, 0.15) is 6.92 Å². The summed E-state index contributed by atoms with van der Waals surface area (Å²) in [5.74, 6) is 1.76. The van der Waals surface area contributed by atoms with Crippen LogP contribution in [0.3, 0.4) is 0 Å². The highest BCUT2D eigenvalue weighted by atomic mass is 16.6. The molecule has 0 radical (unpaired) electrons. The molecular formula is C18H22N6O4. The zero-order valence-electron chi connectivity index (χ0n) is 15.6. The summed E-state index contributed by atoms with van der Waals surface area (Å²) in [5.41, 5.74) is 0.509. The van der Waals surface area contributed by atoms with E-state index in [0.717, 1.165) is 19.6 Å². The Morgan fingerprint density at radius 1 is 1.14 bits per heavy atom. The van der Waals surface area contributed by atoms with E-state index in [9.17, 15) is 10.1 Å². The average molecular weight is 386 g/mol. The highest BCUT2D eigenvalue weighted by Gasteiger charge is 2.29. The van der Waals surface area contributed by atoms with Crippen molar-refractivity contribution in [3.63, 3.8) is 0 Å². The third kappa shape index (κ3) is 3.63. The van der Waals surface area contributed by atoms with E-state index in [1.165, 1.54) is 6.33 Å². The van der Waals surface area contributed by atoms with Crippen molar-refractivity contribution in [2.75, 3.05) is 56.2 Å². The van der Waals surface area contributed by atoms with Crippen LogP contribution in [0.15, 0.2) is 24.5 Å². The van der Waals surface area contributed by atoms with Gasteiger partial charge in [-0.15, -0.1) is 0 Å². The second-order valence-corrected chi connectivity index (χ2v) is 6.56. The molecule has 1 aromatic heterocycles. The van der Waals surface area contributed by atoms with Gasteiger partial charge in [0, 0.05) is 37.9 Å². The molecule has 1 aromatic carbocycles. The zero-order valence-corrected chi connectivity index (χ0v) is 15.6. The molecule has 2 aliphatic rings. The van der Waals surface area contributed by atoms with Crippen LogP contribution in [0.5, 0.6) is 11.5 Å². The van der Waals surface area contributed by atoms with Gasteiger partial charge >= 0.3 is 5.69 Å². The fraction of sp³-hybridized carbons (Fsp3) is 0.444. The van der Waals surface area contributed by atoms with Crippen LogP contribution in [-0.2, 0) is 0 Å². The van der Waals surface area contributed by atoms with E-state index >= 15 is 0 Å². The van der Waals surface area contributed by atoms with Crippen LogP contribution in [-0.4, -0.2) is 65.7 Å². The highest BCUT2D eigenvalue weighted by molar-refractivity contribution is 5.75. The van der Waals surface area contributed by atoms with E-state index in [1.807, 2.05) is 4.90 Å². The molecule has 4 rings (SSSR count). The molecular weight excluding hydrogens is 364 g/mol. The minimum absolute atomic E-state index is 0.123. The van der Waals surface area contributed by atoms with Crippen molar-refractivity contribution in [3.8, 4) is 11.5 Å². The van der Waals surface area contributed by atoms with Crippen LogP contribution >= 0.6 is 0 Å². The maximum atomic E-state index is 11.8.